The number of rotatable bonds is 6. The van der Waals surface area contributed by atoms with E-state index in [1.54, 1.807) is 0 Å². The van der Waals surface area contributed by atoms with Crippen molar-refractivity contribution in [2.45, 2.75) is 46.6 Å². The van der Waals surface area contributed by atoms with Crippen LogP contribution in [0.5, 0.6) is 0 Å². The summed E-state index contributed by atoms with van der Waals surface area (Å²) in [6.45, 7) is 6.14. The molecule has 1 aromatic heterocycles. The van der Waals surface area contributed by atoms with Gasteiger partial charge in [0.25, 0.3) is 5.91 Å². The standard InChI is InChI=1S/C25H28N4O2/c1-16(2)24(30)27-19-7-4-6-18(14-19)15-26-25(31)23-21-8-5-9-22(21)29(28-23)20-12-10-17(3)11-13-20/h4,6-7,10-14,16H,5,8-9,15H2,1-3H3,(H,26,31)(H,27,30). The van der Waals surface area contributed by atoms with Crippen LogP contribution in [-0.4, -0.2) is 21.6 Å². The molecule has 0 saturated heterocycles. The molecule has 4 rings (SSSR count). The number of hydrogen-bond acceptors (Lipinski definition) is 3. The summed E-state index contributed by atoms with van der Waals surface area (Å²) in [5, 5.41) is 10.6. The van der Waals surface area contributed by atoms with Gasteiger partial charge in [0.15, 0.2) is 5.69 Å². The summed E-state index contributed by atoms with van der Waals surface area (Å²) in [7, 11) is 0. The molecular formula is C25H28N4O2. The molecule has 2 N–H and O–H groups in total. The summed E-state index contributed by atoms with van der Waals surface area (Å²) >= 11 is 0. The molecule has 0 unspecified atom stereocenters. The van der Waals surface area contributed by atoms with Crippen LogP contribution >= 0.6 is 0 Å². The first-order valence-corrected chi connectivity index (χ1v) is 10.8. The van der Waals surface area contributed by atoms with Gasteiger partial charge < -0.3 is 10.6 Å². The molecule has 0 saturated carbocycles. The maximum atomic E-state index is 13.0. The third-order valence-electron chi connectivity index (χ3n) is 5.60. The second kappa shape index (κ2) is 8.76. The lowest BCUT2D eigenvalue weighted by Gasteiger charge is -2.10. The summed E-state index contributed by atoms with van der Waals surface area (Å²) in [5.41, 5.74) is 6.52. The highest BCUT2D eigenvalue weighted by Gasteiger charge is 2.26. The molecule has 1 aliphatic rings. The van der Waals surface area contributed by atoms with Gasteiger partial charge in [-0.2, -0.15) is 5.10 Å². The summed E-state index contributed by atoms with van der Waals surface area (Å²) in [6, 6.07) is 15.7. The fourth-order valence-electron chi connectivity index (χ4n) is 3.83. The van der Waals surface area contributed by atoms with E-state index in [4.69, 9.17) is 0 Å². The first kappa shape index (κ1) is 20.8. The molecule has 0 atom stereocenters. The van der Waals surface area contributed by atoms with E-state index in [9.17, 15) is 9.59 Å². The van der Waals surface area contributed by atoms with Crippen LogP contribution in [0.2, 0.25) is 0 Å². The lowest BCUT2D eigenvalue weighted by Crippen LogP contribution is -2.24. The maximum absolute atomic E-state index is 13.0. The number of amides is 2. The number of hydrogen-bond donors (Lipinski definition) is 2. The molecule has 160 valence electrons. The van der Waals surface area contributed by atoms with Crippen LogP contribution in [0, 0.1) is 12.8 Å². The molecule has 0 fully saturated rings. The third-order valence-corrected chi connectivity index (χ3v) is 5.60. The Morgan fingerprint density at radius 2 is 1.87 bits per heavy atom. The van der Waals surface area contributed by atoms with Gasteiger partial charge in [-0.1, -0.05) is 43.7 Å². The minimum absolute atomic E-state index is 0.0293. The Hall–Kier alpha value is -3.41. The predicted octanol–water partition coefficient (Wildman–Crippen LogP) is 4.19. The number of anilines is 1. The average Bonchev–Trinajstić information content (AvgIpc) is 3.36. The molecule has 0 radical (unpaired) electrons. The lowest BCUT2D eigenvalue weighted by molar-refractivity contribution is -0.118. The van der Waals surface area contributed by atoms with Crippen LogP contribution < -0.4 is 10.6 Å². The fourth-order valence-corrected chi connectivity index (χ4v) is 3.83. The number of fused-ring (bicyclic) bond motifs is 1. The second-order valence-electron chi connectivity index (χ2n) is 8.40. The number of benzene rings is 2. The van der Waals surface area contributed by atoms with Gasteiger partial charge in [-0.05, 0) is 56.0 Å². The Balaban J connectivity index is 1.49. The number of aromatic nitrogens is 2. The molecule has 31 heavy (non-hydrogen) atoms. The van der Waals surface area contributed by atoms with E-state index in [-0.39, 0.29) is 17.7 Å². The minimum atomic E-state index is -0.166. The van der Waals surface area contributed by atoms with Gasteiger partial charge in [-0.3, -0.25) is 9.59 Å². The highest BCUT2D eigenvalue weighted by Crippen LogP contribution is 2.28. The van der Waals surface area contributed by atoms with Crippen molar-refractivity contribution in [1.29, 1.82) is 0 Å². The van der Waals surface area contributed by atoms with Crippen LogP contribution in [0.15, 0.2) is 48.5 Å². The van der Waals surface area contributed by atoms with Crippen molar-refractivity contribution < 1.29 is 9.59 Å². The second-order valence-corrected chi connectivity index (χ2v) is 8.40. The fraction of sp³-hybridized carbons (Fsp3) is 0.320. The molecule has 6 heteroatoms. The molecule has 1 heterocycles. The smallest absolute Gasteiger partial charge is 0.272 e. The van der Waals surface area contributed by atoms with Crippen LogP contribution in [0.4, 0.5) is 5.69 Å². The van der Waals surface area contributed by atoms with Crippen LogP contribution in [-0.2, 0) is 24.2 Å². The molecule has 6 nitrogen and oxygen atoms in total. The van der Waals surface area contributed by atoms with E-state index in [1.165, 1.54) is 5.56 Å². The lowest BCUT2D eigenvalue weighted by atomic mass is 10.1. The highest BCUT2D eigenvalue weighted by molar-refractivity contribution is 5.94. The zero-order valence-corrected chi connectivity index (χ0v) is 18.2. The molecular weight excluding hydrogens is 388 g/mol. The van der Waals surface area contributed by atoms with E-state index in [1.807, 2.05) is 54.9 Å². The van der Waals surface area contributed by atoms with Crippen molar-refractivity contribution in [3.63, 3.8) is 0 Å². The topological polar surface area (TPSA) is 76.0 Å². The van der Waals surface area contributed by atoms with Gasteiger partial charge in [0, 0.05) is 29.4 Å². The van der Waals surface area contributed by atoms with Crippen LogP contribution in [0.25, 0.3) is 5.69 Å². The van der Waals surface area contributed by atoms with Gasteiger partial charge in [0.05, 0.1) is 5.69 Å². The van der Waals surface area contributed by atoms with Crippen molar-refractivity contribution in [3.05, 3.63) is 76.6 Å². The van der Waals surface area contributed by atoms with Crippen LogP contribution in [0.1, 0.15) is 53.1 Å². The number of carbonyl (C=O) groups is 2. The Morgan fingerprint density at radius 1 is 1.10 bits per heavy atom. The molecule has 3 aromatic rings. The first-order valence-electron chi connectivity index (χ1n) is 10.8. The zero-order valence-electron chi connectivity index (χ0n) is 18.2. The van der Waals surface area contributed by atoms with E-state index in [2.05, 4.69) is 34.8 Å². The molecule has 2 aromatic carbocycles. The minimum Gasteiger partial charge on any atom is -0.347 e. The van der Waals surface area contributed by atoms with Crippen molar-refractivity contribution in [3.8, 4) is 5.69 Å². The third kappa shape index (κ3) is 4.53. The Morgan fingerprint density at radius 3 is 2.61 bits per heavy atom. The Kier molecular flexibility index (Phi) is 5.89. The Labute approximate surface area is 182 Å². The molecule has 0 bridgehead atoms. The zero-order chi connectivity index (χ0) is 22.0. The average molecular weight is 417 g/mol. The van der Waals surface area contributed by atoms with Crippen molar-refractivity contribution >= 4 is 17.5 Å². The molecule has 1 aliphatic carbocycles. The van der Waals surface area contributed by atoms with Gasteiger partial charge >= 0.3 is 0 Å². The summed E-state index contributed by atoms with van der Waals surface area (Å²) in [6.07, 6.45) is 2.85. The number of aryl methyl sites for hydroxylation is 1. The maximum Gasteiger partial charge on any atom is 0.272 e. The van der Waals surface area contributed by atoms with E-state index >= 15 is 0 Å². The van der Waals surface area contributed by atoms with E-state index in [0.717, 1.165) is 47.5 Å². The van der Waals surface area contributed by atoms with Gasteiger partial charge in [0.1, 0.15) is 0 Å². The van der Waals surface area contributed by atoms with Crippen molar-refractivity contribution in [2.24, 2.45) is 5.92 Å². The first-order chi connectivity index (χ1) is 14.9. The van der Waals surface area contributed by atoms with E-state index < -0.39 is 0 Å². The largest absolute Gasteiger partial charge is 0.347 e. The van der Waals surface area contributed by atoms with Crippen LogP contribution in [0.3, 0.4) is 0 Å². The number of nitrogens with zero attached hydrogens (tertiary/aromatic N) is 2. The van der Waals surface area contributed by atoms with E-state index in [0.29, 0.717) is 12.2 Å². The summed E-state index contributed by atoms with van der Waals surface area (Å²) in [5.74, 6) is -0.284. The van der Waals surface area contributed by atoms with Gasteiger partial charge in [-0.15, -0.1) is 0 Å². The SMILES string of the molecule is Cc1ccc(-n2nc(C(=O)NCc3cccc(NC(=O)C(C)C)c3)c3c2CCC3)cc1. The summed E-state index contributed by atoms with van der Waals surface area (Å²) < 4.78 is 1.92. The van der Waals surface area contributed by atoms with Gasteiger partial charge in [0.2, 0.25) is 5.91 Å². The Bertz CT molecular complexity index is 1110. The molecule has 0 spiro atoms. The number of nitrogens with one attached hydrogen (secondary N) is 2. The van der Waals surface area contributed by atoms with Crippen molar-refractivity contribution in [1.82, 2.24) is 15.1 Å². The molecule has 0 aliphatic heterocycles. The monoisotopic (exact) mass is 416 g/mol. The van der Waals surface area contributed by atoms with Crippen molar-refractivity contribution in [2.75, 3.05) is 5.32 Å². The normalized spacial score (nSPS) is 12.6. The summed E-state index contributed by atoms with van der Waals surface area (Å²) in [4.78, 5) is 24.9. The number of carbonyl (C=O) groups excluding carboxylic acids is 2. The highest BCUT2D eigenvalue weighted by atomic mass is 16.2. The van der Waals surface area contributed by atoms with Gasteiger partial charge in [-0.25, -0.2) is 4.68 Å². The quantitative estimate of drug-likeness (QED) is 0.632. The molecule has 2 amide bonds. The predicted molar refractivity (Wildman–Crippen MR) is 121 cm³/mol.